The smallest absolute Gasteiger partial charge is 0.255 e. The lowest BCUT2D eigenvalue weighted by atomic mass is 10.1. The van der Waals surface area contributed by atoms with Gasteiger partial charge in [-0.25, -0.2) is 38.1 Å². The average Bonchev–Trinajstić information content (AvgIpc) is 3.95. The molecule has 2 aromatic carbocycles. The van der Waals surface area contributed by atoms with Crippen molar-refractivity contribution in [2.75, 3.05) is 6.61 Å². The van der Waals surface area contributed by atoms with Gasteiger partial charge in [-0.05, 0) is 71.9 Å². The van der Waals surface area contributed by atoms with Crippen LogP contribution in [0.25, 0.3) is 55.8 Å². The quantitative estimate of drug-likeness (QED) is 0.0972. The fourth-order valence-corrected chi connectivity index (χ4v) is 7.03. The monoisotopic (exact) mass is 834 g/mol. The molecule has 312 valence electrons. The molecule has 0 fully saturated rings. The van der Waals surface area contributed by atoms with Gasteiger partial charge >= 0.3 is 0 Å². The number of nitrogens with zero attached hydrogens (tertiary/aromatic N) is 9. The third-order valence-corrected chi connectivity index (χ3v) is 10.8. The third kappa shape index (κ3) is 9.39. The number of amides is 2. The van der Waals surface area contributed by atoms with Gasteiger partial charge in [0.2, 0.25) is 0 Å². The Hall–Kier alpha value is -6.40. The Labute approximate surface area is 345 Å². The van der Waals surface area contributed by atoms with Crippen LogP contribution in [0.1, 0.15) is 62.3 Å². The van der Waals surface area contributed by atoms with Crippen molar-refractivity contribution in [2.24, 2.45) is 0 Å². The molecular weight excluding hydrogens is 787 g/mol. The number of hydrogen-bond acceptors (Lipinski definition) is 9. The van der Waals surface area contributed by atoms with Gasteiger partial charge in [0.1, 0.15) is 29.4 Å². The minimum Gasteiger partial charge on any atom is -0.361 e. The molecule has 0 atom stereocenters. The third-order valence-electron chi connectivity index (χ3n) is 9.11. The summed E-state index contributed by atoms with van der Waals surface area (Å²) in [5.41, 5.74) is 3.06. The molecule has 0 aliphatic rings. The summed E-state index contributed by atoms with van der Waals surface area (Å²) in [6.07, 6.45) is 9.68. The molecule has 0 bridgehead atoms. The van der Waals surface area contributed by atoms with Crippen LogP contribution < -0.4 is 10.6 Å². The van der Waals surface area contributed by atoms with Crippen molar-refractivity contribution in [3.63, 3.8) is 0 Å². The number of nitrogens with one attached hydrogen (secondary N) is 3. The Balaban J connectivity index is 0.000000188. The number of aromatic amines is 1. The van der Waals surface area contributed by atoms with Gasteiger partial charge in [-0.3, -0.25) is 9.59 Å². The minimum absolute atomic E-state index is 0.244. The van der Waals surface area contributed by atoms with E-state index in [0.717, 1.165) is 16.8 Å². The molecule has 8 rings (SSSR count). The first-order valence-corrected chi connectivity index (χ1v) is 23.1. The van der Waals surface area contributed by atoms with Crippen molar-refractivity contribution >= 4 is 64.0 Å². The summed E-state index contributed by atoms with van der Waals surface area (Å²) in [4.78, 5) is 46.7. The summed E-state index contributed by atoms with van der Waals surface area (Å²) in [6.45, 7) is 19.3. The molecule has 0 unspecified atom stereocenters. The maximum Gasteiger partial charge on any atom is 0.255 e. The zero-order valence-corrected chi connectivity index (χ0v) is 36.1. The van der Waals surface area contributed by atoms with Gasteiger partial charge in [0, 0.05) is 61.1 Å². The van der Waals surface area contributed by atoms with Crippen molar-refractivity contribution in [1.29, 1.82) is 0 Å². The number of ether oxygens (including phenoxy) is 1. The van der Waals surface area contributed by atoms with E-state index in [1.807, 2.05) is 41.5 Å². The van der Waals surface area contributed by atoms with Gasteiger partial charge in [-0.1, -0.05) is 19.6 Å². The van der Waals surface area contributed by atoms with Gasteiger partial charge in [0.15, 0.2) is 22.9 Å². The fourth-order valence-electron chi connectivity index (χ4n) is 6.27. The lowest BCUT2D eigenvalue weighted by Crippen LogP contribution is -2.40. The van der Waals surface area contributed by atoms with E-state index in [0.29, 0.717) is 62.7 Å². The Morgan fingerprint density at radius 3 is 1.83 bits per heavy atom. The van der Waals surface area contributed by atoms with Gasteiger partial charge in [-0.2, -0.15) is 10.2 Å². The maximum absolute atomic E-state index is 13.9. The molecule has 0 radical (unpaired) electrons. The summed E-state index contributed by atoms with van der Waals surface area (Å²) < 4.78 is 38.2. The standard InChI is InChI=1S/C24H31FN6O2Si.C18H17FN6O/c1-24(2,3)29-23(32)18-14-30(15-33-9-10-34(4,5)6)22-21(18)28-20(13-26-22)31-19-11-17(25)8-7-16(19)12-27-31;1-18(2,3)24-17(26)12-8-20-16-15(12)23-14(9-21-16)25-13-6-11(19)5-4-10(13)7-22-25/h7-8,11-14H,9-10,15H2,1-6H3,(H,29,32);4-9H,1-3H3,(H,20,21)(H,24,26). The topological polar surface area (TPSA) is 175 Å². The number of hydrogen-bond donors (Lipinski definition) is 3. The summed E-state index contributed by atoms with van der Waals surface area (Å²) in [5, 5.41) is 16.1. The number of rotatable bonds is 9. The Morgan fingerprint density at radius 2 is 1.28 bits per heavy atom. The highest BCUT2D eigenvalue weighted by atomic mass is 28.3. The van der Waals surface area contributed by atoms with Crippen LogP contribution in [0.5, 0.6) is 0 Å². The molecule has 3 N–H and O–H groups in total. The summed E-state index contributed by atoms with van der Waals surface area (Å²) in [7, 11) is -1.22. The van der Waals surface area contributed by atoms with Crippen LogP contribution in [0.2, 0.25) is 25.7 Å². The van der Waals surface area contributed by atoms with Crippen LogP contribution in [0.3, 0.4) is 0 Å². The SMILES string of the molecule is CC(C)(C)NC(=O)c1c[nH]c2ncc(-n3ncc4ccc(F)cc43)nc12.CC(C)(C)NC(=O)c1cn(COCC[Si](C)(C)C)c2ncc(-n3ncc4ccc(F)cc43)nc12. The Kier molecular flexibility index (Phi) is 11.1. The number of carbonyl (C=O) groups excluding carboxylic acids is 2. The van der Waals surface area contributed by atoms with Crippen molar-refractivity contribution in [3.05, 3.63) is 96.3 Å². The number of carbonyl (C=O) groups is 2. The maximum atomic E-state index is 13.9. The van der Waals surface area contributed by atoms with Crippen molar-refractivity contribution < 1.29 is 23.1 Å². The van der Waals surface area contributed by atoms with Crippen LogP contribution in [0.4, 0.5) is 8.78 Å². The first-order chi connectivity index (χ1) is 28.2. The van der Waals surface area contributed by atoms with E-state index in [4.69, 9.17) is 9.72 Å². The molecule has 18 heteroatoms. The first-order valence-electron chi connectivity index (χ1n) is 19.4. The molecule has 0 spiro atoms. The molecular formula is C42H48F2N12O3Si. The van der Waals surface area contributed by atoms with Crippen LogP contribution in [-0.2, 0) is 11.5 Å². The summed E-state index contributed by atoms with van der Waals surface area (Å²) in [5.74, 6) is -0.416. The van der Waals surface area contributed by atoms with Gasteiger partial charge in [0.05, 0.1) is 46.9 Å². The van der Waals surface area contributed by atoms with Crippen LogP contribution in [-0.4, -0.2) is 86.6 Å². The molecule has 60 heavy (non-hydrogen) atoms. The highest BCUT2D eigenvalue weighted by Crippen LogP contribution is 2.25. The van der Waals surface area contributed by atoms with Crippen molar-refractivity contribution in [1.82, 2.24) is 59.7 Å². The van der Waals surface area contributed by atoms with E-state index in [-0.39, 0.29) is 35.7 Å². The lowest BCUT2D eigenvalue weighted by molar-refractivity contribution is 0.0884. The molecule has 0 aliphatic heterocycles. The molecule has 8 aromatic rings. The lowest BCUT2D eigenvalue weighted by Gasteiger charge is -2.20. The van der Waals surface area contributed by atoms with Crippen molar-refractivity contribution in [2.45, 2.75) is 85.0 Å². The molecule has 0 aliphatic carbocycles. The number of fused-ring (bicyclic) bond motifs is 4. The molecule has 2 amide bonds. The number of benzene rings is 2. The summed E-state index contributed by atoms with van der Waals surface area (Å²) in [6, 6.07) is 9.92. The summed E-state index contributed by atoms with van der Waals surface area (Å²) >= 11 is 0. The van der Waals surface area contributed by atoms with E-state index in [1.54, 1.807) is 47.7 Å². The van der Waals surface area contributed by atoms with Crippen LogP contribution >= 0.6 is 0 Å². The number of H-pyrrole nitrogens is 1. The van der Waals surface area contributed by atoms with E-state index in [1.165, 1.54) is 39.8 Å². The second kappa shape index (κ2) is 16.0. The fraction of sp³-hybridized carbons (Fsp3) is 0.333. The molecule has 0 saturated carbocycles. The largest absolute Gasteiger partial charge is 0.361 e. The Bertz CT molecular complexity index is 2880. The molecule has 6 aromatic heterocycles. The zero-order chi connectivity index (χ0) is 43.1. The second-order valence-corrected chi connectivity index (χ2v) is 23.4. The highest BCUT2D eigenvalue weighted by Gasteiger charge is 2.24. The van der Waals surface area contributed by atoms with Gasteiger partial charge < -0.3 is 24.9 Å². The predicted molar refractivity (Wildman–Crippen MR) is 229 cm³/mol. The van der Waals surface area contributed by atoms with Gasteiger partial charge in [0.25, 0.3) is 11.8 Å². The first kappa shape index (κ1) is 41.7. The second-order valence-electron chi connectivity index (χ2n) is 17.8. The average molecular weight is 835 g/mol. The molecule has 0 saturated heterocycles. The highest BCUT2D eigenvalue weighted by molar-refractivity contribution is 6.76. The normalized spacial score (nSPS) is 12.3. The van der Waals surface area contributed by atoms with E-state index in [9.17, 15) is 18.4 Å². The van der Waals surface area contributed by atoms with Gasteiger partial charge in [-0.15, -0.1) is 0 Å². The molecule has 6 heterocycles. The van der Waals surface area contributed by atoms with E-state index >= 15 is 0 Å². The zero-order valence-electron chi connectivity index (χ0n) is 35.1. The number of aromatic nitrogens is 10. The van der Waals surface area contributed by atoms with E-state index in [2.05, 4.69) is 60.4 Å². The van der Waals surface area contributed by atoms with Crippen LogP contribution in [0, 0.1) is 11.6 Å². The number of halogens is 2. The predicted octanol–water partition coefficient (Wildman–Crippen LogP) is 7.71. The van der Waals surface area contributed by atoms with E-state index < -0.39 is 13.6 Å². The molecule has 15 nitrogen and oxygen atoms in total. The minimum atomic E-state index is -1.22. The van der Waals surface area contributed by atoms with Crippen LogP contribution in [0.15, 0.2) is 73.6 Å². The Morgan fingerprint density at radius 1 is 0.750 bits per heavy atom. The van der Waals surface area contributed by atoms with Crippen molar-refractivity contribution in [3.8, 4) is 11.6 Å².